The zero-order chi connectivity index (χ0) is 15.4. The number of aromatic nitrogens is 2. The number of amides is 2. The van der Waals surface area contributed by atoms with Gasteiger partial charge < -0.3 is 15.1 Å². The van der Waals surface area contributed by atoms with E-state index >= 15 is 0 Å². The number of benzene rings is 1. The highest BCUT2D eigenvalue weighted by atomic mass is 16.2. The van der Waals surface area contributed by atoms with E-state index in [0.29, 0.717) is 6.54 Å². The topological polar surface area (TPSA) is 53.4 Å². The fraction of sp³-hybridized carbons (Fsp3) is 0.375. The van der Waals surface area contributed by atoms with Crippen LogP contribution in [0.5, 0.6) is 0 Å². The summed E-state index contributed by atoms with van der Waals surface area (Å²) >= 11 is 0. The van der Waals surface area contributed by atoms with Crippen LogP contribution in [0.25, 0.3) is 0 Å². The molecule has 1 aliphatic heterocycles. The summed E-state index contributed by atoms with van der Waals surface area (Å²) in [4.78, 5) is 16.4. The fourth-order valence-electron chi connectivity index (χ4n) is 2.66. The molecule has 0 spiro atoms. The quantitative estimate of drug-likeness (QED) is 0.933. The van der Waals surface area contributed by atoms with Crippen molar-refractivity contribution in [3.8, 4) is 0 Å². The van der Waals surface area contributed by atoms with E-state index in [2.05, 4.69) is 27.4 Å². The lowest BCUT2D eigenvalue weighted by Gasteiger charge is -2.36. The molecule has 2 aromatic rings. The smallest absolute Gasteiger partial charge is 0.317 e. The largest absolute Gasteiger partial charge is 0.368 e. The molecular formula is C16H21N5O. The van der Waals surface area contributed by atoms with Crippen LogP contribution >= 0.6 is 0 Å². The van der Waals surface area contributed by atoms with Crippen molar-refractivity contribution >= 4 is 11.7 Å². The van der Waals surface area contributed by atoms with E-state index in [4.69, 9.17) is 0 Å². The van der Waals surface area contributed by atoms with E-state index in [-0.39, 0.29) is 6.03 Å². The van der Waals surface area contributed by atoms with E-state index in [1.807, 2.05) is 36.2 Å². The zero-order valence-corrected chi connectivity index (χ0v) is 12.8. The number of carbonyl (C=O) groups is 1. The molecule has 1 aromatic heterocycles. The number of nitrogens with one attached hydrogen (secondary N) is 1. The second-order valence-corrected chi connectivity index (χ2v) is 5.41. The molecule has 3 rings (SSSR count). The van der Waals surface area contributed by atoms with Gasteiger partial charge in [0.25, 0.3) is 0 Å². The first-order valence-corrected chi connectivity index (χ1v) is 7.54. The summed E-state index contributed by atoms with van der Waals surface area (Å²) in [5.74, 6) is 0. The van der Waals surface area contributed by atoms with E-state index in [0.717, 1.165) is 31.9 Å². The lowest BCUT2D eigenvalue weighted by Crippen LogP contribution is -2.51. The SMILES string of the molecule is Cn1nccc1CNC(=O)N1CCN(c2ccccc2)CC1. The molecule has 0 bridgehead atoms. The lowest BCUT2D eigenvalue weighted by atomic mass is 10.2. The molecule has 1 aromatic carbocycles. The van der Waals surface area contributed by atoms with Crippen molar-refractivity contribution in [2.75, 3.05) is 31.1 Å². The molecule has 0 aliphatic carbocycles. The van der Waals surface area contributed by atoms with Crippen molar-refractivity contribution in [3.63, 3.8) is 0 Å². The third-order valence-corrected chi connectivity index (χ3v) is 4.03. The van der Waals surface area contributed by atoms with Crippen LogP contribution in [0, 0.1) is 0 Å². The Morgan fingerprint density at radius 2 is 1.86 bits per heavy atom. The summed E-state index contributed by atoms with van der Waals surface area (Å²) in [5, 5.41) is 7.05. The van der Waals surface area contributed by atoms with Gasteiger partial charge in [-0.3, -0.25) is 4.68 Å². The van der Waals surface area contributed by atoms with Gasteiger partial charge >= 0.3 is 6.03 Å². The van der Waals surface area contributed by atoms with Crippen LogP contribution in [0.15, 0.2) is 42.6 Å². The van der Waals surface area contributed by atoms with Crippen molar-refractivity contribution in [1.29, 1.82) is 0 Å². The number of urea groups is 1. The first kappa shape index (κ1) is 14.4. The van der Waals surface area contributed by atoms with Crippen molar-refractivity contribution in [3.05, 3.63) is 48.3 Å². The van der Waals surface area contributed by atoms with Crippen LogP contribution in [0.1, 0.15) is 5.69 Å². The van der Waals surface area contributed by atoms with Gasteiger partial charge in [0.05, 0.1) is 12.2 Å². The fourth-order valence-corrected chi connectivity index (χ4v) is 2.66. The van der Waals surface area contributed by atoms with Crippen LogP contribution in [-0.4, -0.2) is 46.9 Å². The standard InChI is InChI=1S/C16H21N5O/c1-19-15(7-8-18-19)13-17-16(22)21-11-9-20(10-12-21)14-5-3-2-4-6-14/h2-8H,9-13H2,1H3,(H,17,22). The van der Waals surface area contributed by atoms with Gasteiger partial charge in [0.2, 0.25) is 0 Å². The number of para-hydroxylation sites is 1. The molecule has 1 fully saturated rings. The van der Waals surface area contributed by atoms with Gasteiger partial charge in [-0.15, -0.1) is 0 Å². The molecule has 2 amide bonds. The third kappa shape index (κ3) is 3.21. The number of rotatable bonds is 3. The van der Waals surface area contributed by atoms with Crippen LogP contribution in [0.4, 0.5) is 10.5 Å². The molecular weight excluding hydrogens is 278 g/mol. The molecule has 0 saturated carbocycles. The molecule has 0 unspecified atom stereocenters. The maximum absolute atomic E-state index is 12.2. The van der Waals surface area contributed by atoms with Crippen LogP contribution in [0.3, 0.4) is 0 Å². The summed E-state index contributed by atoms with van der Waals surface area (Å²) in [6, 6.07) is 12.2. The highest BCUT2D eigenvalue weighted by molar-refractivity contribution is 5.74. The van der Waals surface area contributed by atoms with Gasteiger partial charge in [-0.05, 0) is 18.2 Å². The van der Waals surface area contributed by atoms with Gasteiger partial charge in [-0.1, -0.05) is 18.2 Å². The molecule has 1 aliphatic rings. The van der Waals surface area contributed by atoms with Crippen LogP contribution in [0.2, 0.25) is 0 Å². The van der Waals surface area contributed by atoms with E-state index in [1.54, 1.807) is 10.9 Å². The maximum Gasteiger partial charge on any atom is 0.317 e. The molecule has 1 saturated heterocycles. The summed E-state index contributed by atoms with van der Waals surface area (Å²) in [5.41, 5.74) is 2.22. The van der Waals surface area contributed by atoms with Gasteiger partial charge in [-0.2, -0.15) is 5.10 Å². The van der Waals surface area contributed by atoms with E-state index < -0.39 is 0 Å². The highest BCUT2D eigenvalue weighted by Gasteiger charge is 2.21. The molecule has 1 N–H and O–H groups in total. The summed E-state index contributed by atoms with van der Waals surface area (Å²) in [7, 11) is 1.88. The Morgan fingerprint density at radius 3 is 2.50 bits per heavy atom. The van der Waals surface area contributed by atoms with Gasteiger partial charge in [0.15, 0.2) is 0 Å². The summed E-state index contributed by atoms with van der Waals surface area (Å²) in [6.45, 7) is 3.72. The van der Waals surface area contributed by atoms with Gasteiger partial charge in [0.1, 0.15) is 0 Å². The predicted octanol–water partition coefficient (Wildman–Crippen LogP) is 1.45. The normalized spacial score (nSPS) is 15.0. The second-order valence-electron chi connectivity index (χ2n) is 5.41. The zero-order valence-electron chi connectivity index (χ0n) is 12.8. The van der Waals surface area contributed by atoms with Crippen LogP contribution < -0.4 is 10.2 Å². The Balaban J connectivity index is 1.49. The lowest BCUT2D eigenvalue weighted by molar-refractivity contribution is 0.193. The van der Waals surface area contributed by atoms with Crippen molar-refractivity contribution in [2.24, 2.45) is 7.05 Å². The molecule has 0 radical (unpaired) electrons. The first-order valence-electron chi connectivity index (χ1n) is 7.54. The number of nitrogens with zero attached hydrogens (tertiary/aromatic N) is 4. The molecule has 0 atom stereocenters. The molecule has 22 heavy (non-hydrogen) atoms. The third-order valence-electron chi connectivity index (χ3n) is 4.03. The Morgan fingerprint density at radius 1 is 1.14 bits per heavy atom. The number of carbonyl (C=O) groups excluding carboxylic acids is 1. The van der Waals surface area contributed by atoms with Crippen molar-refractivity contribution in [2.45, 2.75) is 6.54 Å². The monoisotopic (exact) mass is 299 g/mol. The Hall–Kier alpha value is -2.50. The van der Waals surface area contributed by atoms with Crippen LogP contribution in [-0.2, 0) is 13.6 Å². The van der Waals surface area contributed by atoms with Gasteiger partial charge in [0, 0.05) is 45.1 Å². The molecule has 2 heterocycles. The second kappa shape index (κ2) is 6.51. The van der Waals surface area contributed by atoms with Crippen molar-refractivity contribution < 1.29 is 4.79 Å². The first-order chi connectivity index (χ1) is 10.7. The summed E-state index contributed by atoms with van der Waals surface area (Å²) < 4.78 is 1.77. The summed E-state index contributed by atoms with van der Waals surface area (Å²) in [6.07, 6.45) is 1.74. The minimum Gasteiger partial charge on any atom is -0.368 e. The van der Waals surface area contributed by atoms with E-state index in [9.17, 15) is 4.79 Å². The average Bonchev–Trinajstić information content (AvgIpc) is 2.99. The Kier molecular flexibility index (Phi) is 4.27. The predicted molar refractivity (Wildman–Crippen MR) is 85.7 cm³/mol. The number of hydrogen-bond donors (Lipinski definition) is 1. The van der Waals surface area contributed by atoms with Crippen molar-refractivity contribution in [1.82, 2.24) is 20.0 Å². The average molecular weight is 299 g/mol. The maximum atomic E-state index is 12.2. The van der Waals surface area contributed by atoms with E-state index in [1.165, 1.54) is 5.69 Å². The Bertz CT molecular complexity index is 616. The van der Waals surface area contributed by atoms with Gasteiger partial charge in [-0.25, -0.2) is 4.79 Å². The minimum absolute atomic E-state index is 0.00564. The highest BCUT2D eigenvalue weighted by Crippen LogP contribution is 2.15. The minimum atomic E-state index is -0.00564. The number of aryl methyl sites for hydroxylation is 1. The molecule has 6 nitrogen and oxygen atoms in total. The molecule has 116 valence electrons. The molecule has 6 heteroatoms. The number of hydrogen-bond acceptors (Lipinski definition) is 3. The number of piperazine rings is 1. The Labute approximate surface area is 130 Å². The number of anilines is 1.